The molecule has 0 saturated carbocycles. The standard InChI is InChI=1S/C23H17IN4O/c1-15-26-14-19(22(27-15)16-7-3-2-4-8-16)23(29)28-17-10-11-20(24)18(13-17)21-9-5-6-12-25-21/h2-14H,1H3,(H,28,29). The third-order valence-corrected chi connectivity index (χ3v) is 5.31. The number of amides is 1. The van der Waals surface area contributed by atoms with Gasteiger partial charge in [0.1, 0.15) is 5.82 Å². The topological polar surface area (TPSA) is 67.8 Å². The summed E-state index contributed by atoms with van der Waals surface area (Å²) in [6.07, 6.45) is 3.33. The van der Waals surface area contributed by atoms with Gasteiger partial charge >= 0.3 is 0 Å². The van der Waals surface area contributed by atoms with Gasteiger partial charge in [-0.2, -0.15) is 0 Å². The molecule has 0 atom stereocenters. The third-order valence-electron chi connectivity index (χ3n) is 4.37. The van der Waals surface area contributed by atoms with Gasteiger partial charge < -0.3 is 5.32 Å². The SMILES string of the molecule is Cc1ncc(C(=O)Nc2ccc(I)c(-c3ccccn3)c2)c(-c2ccccc2)n1. The van der Waals surface area contributed by atoms with Crippen LogP contribution in [0.3, 0.4) is 0 Å². The van der Waals surface area contributed by atoms with Gasteiger partial charge in [-0.15, -0.1) is 0 Å². The highest BCUT2D eigenvalue weighted by atomic mass is 127. The summed E-state index contributed by atoms with van der Waals surface area (Å²) < 4.78 is 1.06. The third kappa shape index (κ3) is 4.32. The molecule has 0 fully saturated rings. The summed E-state index contributed by atoms with van der Waals surface area (Å²) in [6, 6.07) is 21.2. The number of hydrogen-bond acceptors (Lipinski definition) is 4. The van der Waals surface area contributed by atoms with Crippen molar-refractivity contribution in [3.8, 4) is 22.5 Å². The Morgan fingerprint density at radius 2 is 1.76 bits per heavy atom. The molecule has 142 valence electrons. The summed E-state index contributed by atoms with van der Waals surface area (Å²) in [5.41, 5.74) is 4.44. The van der Waals surface area contributed by atoms with E-state index in [0.29, 0.717) is 22.8 Å². The van der Waals surface area contributed by atoms with Crippen LogP contribution in [0.5, 0.6) is 0 Å². The van der Waals surface area contributed by atoms with E-state index in [0.717, 1.165) is 20.4 Å². The van der Waals surface area contributed by atoms with Gasteiger partial charge in [0.05, 0.1) is 17.0 Å². The number of nitrogens with one attached hydrogen (secondary N) is 1. The Balaban J connectivity index is 1.68. The molecule has 1 N–H and O–H groups in total. The second-order valence-corrected chi connectivity index (χ2v) is 7.57. The minimum absolute atomic E-state index is 0.253. The monoisotopic (exact) mass is 492 g/mol. The van der Waals surface area contributed by atoms with Crippen molar-refractivity contribution in [2.45, 2.75) is 6.92 Å². The Morgan fingerprint density at radius 1 is 0.966 bits per heavy atom. The summed E-state index contributed by atoms with van der Waals surface area (Å²) in [5.74, 6) is 0.365. The number of carbonyl (C=O) groups excluding carboxylic acids is 1. The molecule has 0 spiro atoms. The average molecular weight is 492 g/mol. The van der Waals surface area contributed by atoms with E-state index in [1.165, 1.54) is 0 Å². The Morgan fingerprint density at radius 3 is 2.52 bits per heavy atom. The number of halogens is 1. The van der Waals surface area contributed by atoms with E-state index < -0.39 is 0 Å². The van der Waals surface area contributed by atoms with E-state index in [2.05, 4.69) is 42.9 Å². The van der Waals surface area contributed by atoms with Crippen LogP contribution in [0.1, 0.15) is 16.2 Å². The van der Waals surface area contributed by atoms with E-state index in [9.17, 15) is 4.79 Å². The van der Waals surface area contributed by atoms with Crippen LogP contribution in [0.2, 0.25) is 0 Å². The van der Waals surface area contributed by atoms with E-state index in [-0.39, 0.29) is 5.91 Å². The van der Waals surface area contributed by atoms with Gasteiger partial charge in [-0.05, 0) is 59.8 Å². The highest BCUT2D eigenvalue weighted by Gasteiger charge is 2.16. The van der Waals surface area contributed by atoms with Gasteiger partial charge in [-0.3, -0.25) is 9.78 Å². The first-order valence-electron chi connectivity index (χ1n) is 9.03. The molecule has 0 aliphatic rings. The molecule has 2 heterocycles. The van der Waals surface area contributed by atoms with Crippen LogP contribution in [-0.2, 0) is 0 Å². The molecule has 1 amide bonds. The molecule has 5 nitrogen and oxygen atoms in total. The lowest BCUT2D eigenvalue weighted by atomic mass is 10.1. The van der Waals surface area contributed by atoms with E-state index in [1.54, 1.807) is 12.4 Å². The average Bonchev–Trinajstić information content (AvgIpc) is 2.76. The molecule has 4 aromatic rings. The van der Waals surface area contributed by atoms with E-state index >= 15 is 0 Å². The number of nitrogens with zero attached hydrogens (tertiary/aromatic N) is 3. The maximum absolute atomic E-state index is 13.0. The van der Waals surface area contributed by atoms with Crippen molar-refractivity contribution < 1.29 is 4.79 Å². The number of benzene rings is 2. The van der Waals surface area contributed by atoms with Crippen LogP contribution in [0.4, 0.5) is 5.69 Å². The summed E-state index contributed by atoms with van der Waals surface area (Å²) in [5, 5.41) is 2.98. The molecule has 0 bridgehead atoms. The largest absolute Gasteiger partial charge is 0.322 e. The maximum Gasteiger partial charge on any atom is 0.259 e. The van der Waals surface area contributed by atoms with Crippen LogP contribution in [0.25, 0.3) is 22.5 Å². The zero-order valence-electron chi connectivity index (χ0n) is 15.6. The van der Waals surface area contributed by atoms with E-state index in [1.807, 2.05) is 73.7 Å². The second-order valence-electron chi connectivity index (χ2n) is 6.41. The number of hydrogen-bond donors (Lipinski definition) is 1. The molecule has 2 aromatic carbocycles. The summed E-state index contributed by atoms with van der Waals surface area (Å²) in [4.78, 5) is 26.2. The summed E-state index contributed by atoms with van der Waals surface area (Å²) in [6.45, 7) is 1.81. The zero-order chi connectivity index (χ0) is 20.2. The minimum Gasteiger partial charge on any atom is -0.322 e. The van der Waals surface area contributed by atoms with Gasteiger partial charge in [-0.1, -0.05) is 36.4 Å². The zero-order valence-corrected chi connectivity index (χ0v) is 17.8. The summed E-state index contributed by atoms with van der Waals surface area (Å²) in [7, 11) is 0. The van der Waals surface area contributed by atoms with Gasteiger partial charge in [0.2, 0.25) is 0 Å². The van der Waals surface area contributed by atoms with Gasteiger partial charge in [-0.25, -0.2) is 9.97 Å². The number of pyridine rings is 1. The Hall–Kier alpha value is -3.13. The highest BCUT2D eigenvalue weighted by molar-refractivity contribution is 14.1. The molecule has 0 unspecified atom stereocenters. The molecular formula is C23H17IN4O. The fourth-order valence-corrected chi connectivity index (χ4v) is 3.58. The van der Waals surface area contributed by atoms with Crippen molar-refractivity contribution in [3.05, 3.63) is 94.1 Å². The van der Waals surface area contributed by atoms with Crippen molar-refractivity contribution >= 4 is 34.2 Å². The Bertz CT molecular complexity index is 1160. The lowest BCUT2D eigenvalue weighted by Crippen LogP contribution is -2.15. The molecular weight excluding hydrogens is 475 g/mol. The molecule has 29 heavy (non-hydrogen) atoms. The van der Waals surface area contributed by atoms with Crippen LogP contribution in [0.15, 0.2) is 79.1 Å². The molecule has 4 rings (SSSR count). The van der Waals surface area contributed by atoms with Gasteiger partial charge in [0.25, 0.3) is 5.91 Å². The summed E-state index contributed by atoms with van der Waals surface area (Å²) >= 11 is 2.27. The van der Waals surface area contributed by atoms with Crippen LogP contribution in [-0.4, -0.2) is 20.9 Å². The number of carbonyl (C=O) groups is 1. The van der Waals surface area contributed by atoms with Crippen LogP contribution >= 0.6 is 22.6 Å². The van der Waals surface area contributed by atoms with Crippen molar-refractivity contribution in [2.24, 2.45) is 0 Å². The smallest absolute Gasteiger partial charge is 0.259 e. The van der Waals surface area contributed by atoms with Crippen molar-refractivity contribution in [2.75, 3.05) is 5.32 Å². The van der Waals surface area contributed by atoms with Crippen LogP contribution < -0.4 is 5.32 Å². The van der Waals surface area contributed by atoms with Crippen molar-refractivity contribution in [1.29, 1.82) is 0 Å². The first kappa shape index (κ1) is 19.2. The predicted molar refractivity (Wildman–Crippen MR) is 123 cm³/mol. The molecule has 0 radical (unpaired) electrons. The maximum atomic E-state index is 13.0. The fourth-order valence-electron chi connectivity index (χ4n) is 2.97. The number of aromatic nitrogens is 3. The number of anilines is 1. The normalized spacial score (nSPS) is 10.6. The number of rotatable bonds is 4. The lowest BCUT2D eigenvalue weighted by molar-refractivity contribution is 0.102. The number of aryl methyl sites for hydroxylation is 1. The Kier molecular flexibility index (Phi) is 5.62. The Labute approximate surface area is 182 Å². The molecule has 6 heteroatoms. The van der Waals surface area contributed by atoms with Crippen molar-refractivity contribution in [3.63, 3.8) is 0 Å². The van der Waals surface area contributed by atoms with Gasteiger partial charge in [0.15, 0.2) is 0 Å². The first-order valence-corrected chi connectivity index (χ1v) is 10.1. The second kappa shape index (κ2) is 8.48. The lowest BCUT2D eigenvalue weighted by Gasteiger charge is -2.12. The fraction of sp³-hybridized carbons (Fsp3) is 0.0435. The molecule has 0 saturated heterocycles. The van der Waals surface area contributed by atoms with E-state index in [4.69, 9.17) is 0 Å². The van der Waals surface area contributed by atoms with Crippen LogP contribution in [0, 0.1) is 10.5 Å². The molecule has 2 aromatic heterocycles. The minimum atomic E-state index is -0.253. The van der Waals surface area contributed by atoms with Crippen molar-refractivity contribution in [1.82, 2.24) is 15.0 Å². The highest BCUT2D eigenvalue weighted by Crippen LogP contribution is 2.28. The first-order chi connectivity index (χ1) is 14.1. The quantitative estimate of drug-likeness (QED) is 0.389. The predicted octanol–water partition coefficient (Wildman–Crippen LogP) is 5.37. The molecule has 0 aliphatic carbocycles. The molecule has 0 aliphatic heterocycles. The van der Waals surface area contributed by atoms with Gasteiger partial charge in [0, 0.05) is 32.8 Å².